The molecule has 1 aromatic heterocycles. The molecule has 6 nitrogen and oxygen atoms in total. The third kappa shape index (κ3) is 3.65. The van der Waals surface area contributed by atoms with Crippen LogP contribution >= 0.6 is 11.3 Å². The highest BCUT2D eigenvalue weighted by Crippen LogP contribution is 2.42. The maximum absolute atomic E-state index is 12.8. The largest absolute Gasteiger partial charge is 0.396 e. The SMILES string of the molecule is CC(=O)N1CC[C@@]2(CO)CN(C(=O)CCCc3nc4ccccc4s3)C[C@H]2C1. The molecule has 28 heavy (non-hydrogen) atoms. The van der Waals surface area contributed by atoms with Gasteiger partial charge in [0.1, 0.15) is 0 Å². The summed E-state index contributed by atoms with van der Waals surface area (Å²) in [5, 5.41) is 11.1. The first-order chi connectivity index (χ1) is 13.5. The molecule has 1 N–H and O–H groups in total. The Morgan fingerprint density at radius 3 is 2.82 bits per heavy atom. The molecule has 7 heteroatoms. The summed E-state index contributed by atoms with van der Waals surface area (Å²) >= 11 is 1.70. The van der Waals surface area contributed by atoms with Crippen molar-refractivity contribution in [2.75, 3.05) is 32.8 Å². The average Bonchev–Trinajstić information content (AvgIpc) is 3.28. The van der Waals surface area contributed by atoms with Crippen LogP contribution in [0.4, 0.5) is 0 Å². The van der Waals surface area contributed by atoms with Crippen LogP contribution in [0.3, 0.4) is 0 Å². The maximum Gasteiger partial charge on any atom is 0.222 e. The quantitative estimate of drug-likeness (QED) is 0.834. The number of nitrogens with zero attached hydrogens (tertiary/aromatic N) is 3. The number of fused-ring (bicyclic) bond motifs is 2. The highest BCUT2D eigenvalue weighted by molar-refractivity contribution is 7.18. The molecule has 3 heterocycles. The molecule has 2 aliphatic heterocycles. The van der Waals surface area contributed by atoms with E-state index in [2.05, 4.69) is 11.1 Å². The third-order valence-corrected chi connectivity index (χ3v) is 7.46. The van der Waals surface area contributed by atoms with Crippen molar-refractivity contribution < 1.29 is 14.7 Å². The molecule has 2 aromatic rings. The number of hydrogen-bond acceptors (Lipinski definition) is 5. The number of benzene rings is 1. The Morgan fingerprint density at radius 1 is 1.29 bits per heavy atom. The van der Waals surface area contributed by atoms with Crippen LogP contribution in [0.2, 0.25) is 0 Å². The number of hydrogen-bond donors (Lipinski definition) is 1. The zero-order chi connectivity index (χ0) is 19.7. The summed E-state index contributed by atoms with van der Waals surface area (Å²) < 4.78 is 1.19. The minimum Gasteiger partial charge on any atom is -0.396 e. The number of aliphatic hydroxyl groups excluding tert-OH is 1. The van der Waals surface area contributed by atoms with E-state index >= 15 is 0 Å². The van der Waals surface area contributed by atoms with Crippen molar-refractivity contribution in [2.24, 2.45) is 11.3 Å². The monoisotopic (exact) mass is 401 g/mol. The fraction of sp³-hybridized carbons (Fsp3) is 0.571. The number of aryl methyl sites for hydroxylation is 1. The van der Waals surface area contributed by atoms with Crippen molar-refractivity contribution in [3.63, 3.8) is 0 Å². The summed E-state index contributed by atoms with van der Waals surface area (Å²) in [6.45, 7) is 4.24. The van der Waals surface area contributed by atoms with Gasteiger partial charge in [0, 0.05) is 50.9 Å². The number of carbonyl (C=O) groups is 2. The Kier molecular flexibility index (Phi) is 5.38. The van der Waals surface area contributed by atoms with Crippen molar-refractivity contribution >= 4 is 33.4 Å². The number of para-hydroxylation sites is 1. The second kappa shape index (κ2) is 7.79. The summed E-state index contributed by atoms with van der Waals surface area (Å²) in [4.78, 5) is 32.9. The van der Waals surface area contributed by atoms with Crippen LogP contribution in [0.1, 0.15) is 31.2 Å². The molecule has 2 fully saturated rings. The summed E-state index contributed by atoms with van der Waals surface area (Å²) in [5.74, 6) is 0.397. The molecular weight excluding hydrogens is 374 g/mol. The van der Waals surface area contributed by atoms with Crippen molar-refractivity contribution in [1.29, 1.82) is 0 Å². The van der Waals surface area contributed by atoms with E-state index in [1.165, 1.54) is 4.70 Å². The number of carbonyl (C=O) groups excluding carboxylic acids is 2. The highest BCUT2D eigenvalue weighted by Gasteiger charge is 2.50. The van der Waals surface area contributed by atoms with Crippen molar-refractivity contribution in [1.82, 2.24) is 14.8 Å². The van der Waals surface area contributed by atoms with Crippen molar-refractivity contribution in [3.8, 4) is 0 Å². The van der Waals surface area contributed by atoms with Gasteiger partial charge in [-0.25, -0.2) is 4.98 Å². The fourth-order valence-corrected chi connectivity index (χ4v) is 5.60. The third-order valence-electron chi connectivity index (χ3n) is 6.37. The van der Waals surface area contributed by atoms with E-state index in [1.54, 1.807) is 18.3 Å². The van der Waals surface area contributed by atoms with E-state index in [0.29, 0.717) is 32.6 Å². The maximum atomic E-state index is 12.8. The van der Waals surface area contributed by atoms with Crippen LogP contribution in [0.25, 0.3) is 10.2 Å². The summed E-state index contributed by atoms with van der Waals surface area (Å²) in [7, 11) is 0. The van der Waals surface area contributed by atoms with Crippen LogP contribution < -0.4 is 0 Å². The fourth-order valence-electron chi connectivity index (χ4n) is 4.59. The lowest BCUT2D eigenvalue weighted by Gasteiger charge is -2.41. The van der Waals surface area contributed by atoms with Crippen LogP contribution in [0.15, 0.2) is 24.3 Å². The molecule has 2 aliphatic rings. The second-order valence-corrected chi connectivity index (χ2v) is 9.25. The molecule has 2 atom stereocenters. The number of aliphatic hydroxyl groups is 1. The first-order valence-corrected chi connectivity index (χ1v) is 10.8. The number of likely N-dealkylation sites (tertiary alicyclic amines) is 2. The first kappa shape index (κ1) is 19.3. The smallest absolute Gasteiger partial charge is 0.222 e. The van der Waals surface area contributed by atoms with Gasteiger partial charge in [-0.15, -0.1) is 11.3 Å². The molecule has 0 bridgehead atoms. The molecular formula is C21H27N3O3S. The van der Waals surface area contributed by atoms with E-state index in [1.807, 2.05) is 28.0 Å². The molecule has 0 spiro atoms. The zero-order valence-electron chi connectivity index (χ0n) is 16.3. The van der Waals surface area contributed by atoms with E-state index < -0.39 is 0 Å². The van der Waals surface area contributed by atoms with Gasteiger partial charge in [0.25, 0.3) is 0 Å². The lowest BCUT2D eigenvalue weighted by Crippen LogP contribution is -2.50. The highest BCUT2D eigenvalue weighted by atomic mass is 32.1. The number of amides is 2. The molecule has 2 amide bonds. The number of rotatable bonds is 5. The number of thiazole rings is 1. The van der Waals surface area contributed by atoms with E-state index in [-0.39, 0.29) is 29.8 Å². The topological polar surface area (TPSA) is 73.7 Å². The van der Waals surface area contributed by atoms with Gasteiger partial charge in [-0.05, 0) is 31.4 Å². The summed E-state index contributed by atoms with van der Waals surface area (Å²) in [5.41, 5.74) is 0.784. The minimum atomic E-state index is -0.241. The molecule has 0 radical (unpaired) electrons. The van der Waals surface area contributed by atoms with Crippen LogP contribution in [0, 0.1) is 11.3 Å². The molecule has 1 aromatic carbocycles. The van der Waals surface area contributed by atoms with Gasteiger partial charge >= 0.3 is 0 Å². The summed E-state index contributed by atoms with van der Waals surface area (Å²) in [6.07, 6.45) is 2.86. The van der Waals surface area contributed by atoms with Crippen molar-refractivity contribution in [3.05, 3.63) is 29.3 Å². The van der Waals surface area contributed by atoms with Gasteiger partial charge < -0.3 is 14.9 Å². The average molecular weight is 402 g/mol. The lowest BCUT2D eigenvalue weighted by molar-refractivity contribution is -0.133. The molecule has 0 saturated carbocycles. The van der Waals surface area contributed by atoms with Gasteiger partial charge in [0.05, 0.1) is 21.8 Å². The Morgan fingerprint density at radius 2 is 2.07 bits per heavy atom. The Balaban J connectivity index is 1.33. The van der Waals surface area contributed by atoms with Gasteiger partial charge in [-0.2, -0.15) is 0 Å². The van der Waals surface area contributed by atoms with E-state index in [9.17, 15) is 14.7 Å². The predicted octanol–water partition coefficient (Wildman–Crippen LogP) is 2.31. The predicted molar refractivity (Wildman–Crippen MR) is 109 cm³/mol. The molecule has 4 rings (SSSR count). The number of aromatic nitrogens is 1. The Labute approximate surface area is 169 Å². The van der Waals surface area contributed by atoms with E-state index in [0.717, 1.165) is 29.8 Å². The molecule has 150 valence electrons. The molecule has 0 unspecified atom stereocenters. The van der Waals surface area contributed by atoms with Crippen LogP contribution in [-0.2, 0) is 16.0 Å². The van der Waals surface area contributed by atoms with Crippen LogP contribution in [-0.4, -0.2) is 64.5 Å². The van der Waals surface area contributed by atoms with Crippen molar-refractivity contribution in [2.45, 2.75) is 32.6 Å². The molecule has 2 saturated heterocycles. The summed E-state index contributed by atoms with van der Waals surface area (Å²) in [6, 6.07) is 8.11. The van der Waals surface area contributed by atoms with Gasteiger partial charge in [0.2, 0.25) is 11.8 Å². The second-order valence-electron chi connectivity index (χ2n) is 8.14. The Bertz CT molecular complexity index is 850. The van der Waals surface area contributed by atoms with Crippen LogP contribution in [0.5, 0.6) is 0 Å². The normalized spacial score (nSPS) is 24.6. The van der Waals surface area contributed by atoms with Gasteiger partial charge in [0.15, 0.2) is 0 Å². The minimum absolute atomic E-state index is 0.0761. The lowest BCUT2D eigenvalue weighted by atomic mass is 9.73. The standard InChI is InChI=1S/C21H27N3O3S/c1-15(26)23-10-9-21(14-25)13-24(12-16(21)11-23)20(27)8-4-7-19-22-17-5-2-3-6-18(17)28-19/h2-3,5-6,16,25H,4,7-14H2,1H3/t16-,21+/m1/s1. The van der Waals surface area contributed by atoms with Gasteiger partial charge in [-0.1, -0.05) is 12.1 Å². The Hall–Kier alpha value is -1.99. The van der Waals surface area contributed by atoms with E-state index in [4.69, 9.17) is 0 Å². The van der Waals surface area contributed by atoms with Gasteiger partial charge in [-0.3, -0.25) is 9.59 Å². The first-order valence-electron chi connectivity index (χ1n) is 9.99. The zero-order valence-corrected chi connectivity index (χ0v) is 17.1. The molecule has 0 aliphatic carbocycles. The number of piperidine rings is 1.